The molecular weight excluding hydrogens is 250 g/mol. The predicted molar refractivity (Wildman–Crippen MR) is 82.1 cm³/mol. The smallest absolute Gasteiger partial charge is 0.119 e. The Morgan fingerprint density at radius 1 is 1.35 bits per heavy atom. The van der Waals surface area contributed by atoms with Gasteiger partial charge in [0.2, 0.25) is 0 Å². The Kier molecular flexibility index (Phi) is 4.40. The van der Waals surface area contributed by atoms with Crippen molar-refractivity contribution in [2.75, 3.05) is 20.7 Å². The van der Waals surface area contributed by atoms with E-state index in [4.69, 9.17) is 4.74 Å². The molecule has 0 amide bonds. The Hall–Kier alpha value is -1.06. The van der Waals surface area contributed by atoms with Gasteiger partial charge in [0, 0.05) is 12.6 Å². The predicted octanol–water partition coefficient (Wildman–Crippen LogP) is 3.02. The summed E-state index contributed by atoms with van der Waals surface area (Å²) >= 11 is 0. The summed E-state index contributed by atoms with van der Waals surface area (Å²) in [4.78, 5) is 2.30. The molecule has 3 nitrogen and oxygen atoms in total. The molecule has 0 saturated heterocycles. The third kappa shape index (κ3) is 3.33. The summed E-state index contributed by atoms with van der Waals surface area (Å²) in [7, 11) is 3.80. The lowest BCUT2D eigenvalue weighted by atomic mass is 9.84. The molecule has 1 aromatic rings. The van der Waals surface area contributed by atoms with Gasteiger partial charge in [0.25, 0.3) is 0 Å². The number of methoxy groups -OCH3 is 1. The zero-order valence-corrected chi connectivity index (χ0v) is 13.3. The normalized spacial score (nSPS) is 22.8. The molecule has 2 unspecified atom stereocenters. The minimum Gasteiger partial charge on any atom is -0.497 e. The Morgan fingerprint density at radius 3 is 2.65 bits per heavy atom. The van der Waals surface area contributed by atoms with Crippen LogP contribution in [0, 0.1) is 5.41 Å². The molecule has 1 aromatic carbocycles. The van der Waals surface area contributed by atoms with Gasteiger partial charge in [-0.1, -0.05) is 26.8 Å². The van der Waals surface area contributed by atoms with E-state index < -0.39 is 6.10 Å². The maximum atomic E-state index is 10.7. The molecule has 0 heterocycles. The lowest BCUT2D eigenvalue weighted by Crippen LogP contribution is -2.43. The van der Waals surface area contributed by atoms with Crippen LogP contribution < -0.4 is 4.74 Å². The van der Waals surface area contributed by atoms with Crippen LogP contribution in [0.1, 0.15) is 44.4 Å². The van der Waals surface area contributed by atoms with E-state index in [1.807, 2.05) is 12.1 Å². The van der Waals surface area contributed by atoms with Crippen molar-refractivity contribution in [3.63, 3.8) is 0 Å². The third-order valence-electron chi connectivity index (χ3n) is 4.03. The van der Waals surface area contributed by atoms with E-state index in [9.17, 15) is 5.11 Å². The zero-order valence-electron chi connectivity index (χ0n) is 13.3. The fourth-order valence-electron chi connectivity index (χ4n) is 3.21. The summed E-state index contributed by atoms with van der Waals surface area (Å²) in [6.07, 6.45) is 1.59. The molecule has 2 atom stereocenters. The molecule has 0 spiro atoms. The van der Waals surface area contributed by atoms with Gasteiger partial charge in [0.1, 0.15) is 5.75 Å². The van der Waals surface area contributed by atoms with Crippen molar-refractivity contribution < 1.29 is 9.84 Å². The minimum atomic E-state index is -0.406. The quantitative estimate of drug-likeness (QED) is 0.922. The van der Waals surface area contributed by atoms with Gasteiger partial charge in [0.05, 0.1) is 13.2 Å². The number of rotatable bonds is 3. The highest BCUT2D eigenvalue weighted by atomic mass is 16.5. The van der Waals surface area contributed by atoms with Gasteiger partial charge in [-0.3, -0.25) is 4.90 Å². The second-order valence-electron chi connectivity index (χ2n) is 7.09. The molecule has 0 radical (unpaired) electrons. The van der Waals surface area contributed by atoms with E-state index in [-0.39, 0.29) is 11.5 Å². The molecule has 2 rings (SSSR count). The van der Waals surface area contributed by atoms with E-state index in [0.717, 1.165) is 30.7 Å². The molecular formula is C17H27NO2. The standard InChI is InChI=1S/C17H27NO2/c1-17(2,3)11-18(4)15-9-6-12-10-13(20-5)7-8-14(12)16(15)19/h7-8,10,15-16,19H,6,9,11H2,1-5H3. The fraction of sp³-hybridized carbons (Fsp3) is 0.647. The number of ether oxygens (including phenoxy) is 1. The zero-order chi connectivity index (χ0) is 14.9. The van der Waals surface area contributed by atoms with Crippen molar-refractivity contribution in [3.05, 3.63) is 29.3 Å². The minimum absolute atomic E-state index is 0.204. The van der Waals surface area contributed by atoms with Crippen molar-refractivity contribution in [3.8, 4) is 5.75 Å². The number of fused-ring (bicyclic) bond motifs is 1. The van der Waals surface area contributed by atoms with E-state index in [1.165, 1.54) is 5.56 Å². The number of nitrogens with zero attached hydrogens (tertiary/aromatic N) is 1. The number of aliphatic hydroxyl groups is 1. The van der Waals surface area contributed by atoms with Crippen LogP contribution >= 0.6 is 0 Å². The van der Waals surface area contributed by atoms with Gasteiger partial charge in [-0.05, 0) is 48.6 Å². The van der Waals surface area contributed by atoms with Crippen molar-refractivity contribution in [2.24, 2.45) is 5.41 Å². The summed E-state index contributed by atoms with van der Waals surface area (Å²) in [6, 6.07) is 6.21. The molecule has 3 heteroatoms. The summed E-state index contributed by atoms with van der Waals surface area (Å²) in [6.45, 7) is 7.69. The van der Waals surface area contributed by atoms with Crippen LogP contribution in [0.5, 0.6) is 5.75 Å². The number of aliphatic hydroxyl groups excluding tert-OH is 1. The molecule has 0 fully saturated rings. The van der Waals surface area contributed by atoms with Gasteiger partial charge in [-0.25, -0.2) is 0 Å². The fourth-order valence-corrected chi connectivity index (χ4v) is 3.21. The largest absolute Gasteiger partial charge is 0.497 e. The van der Waals surface area contributed by atoms with E-state index in [0.29, 0.717) is 0 Å². The third-order valence-corrected chi connectivity index (χ3v) is 4.03. The van der Waals surface area contributed by atoms with Crippen molar-refractivity contribution >= 4 is 0 Å². The highest BCUT2D eigenvalue weighted by molar-refractivity contribution is 5.39. The summed E-state index contributed by atoms with van der Waals surface area (Å²) < 4.78 is 5.26. The Balaban J connectivity index is 2.17. The van der Waals surface area contributed by atoms with E-state index in [1.54, 1.807) is 7.11 Å². The highest BCUT2D eigenvalue weighted by Gasteiger charge is 2.32. The van der Waals surface area contributed by atoms with Crippen LogP contribution in [0.15, 0.2) is 18.2 Å². The first-order valence-electron chi connectivity index (χ1n) is 7.37. The maximum Gasteiger partial charge on any atom is 0.119 e. The van der Waals surface area contributed by atoms with Gasteiger partial charge in [0.15, 0.2) is 0 Å². The summed E-state index contributed by atoms with van der Waals surface area (Å²) in [5.41, 5.74) is 2.52. The molecule has 0 aromatic heterocycles. The number of likely N-dealkylation sites (N-methyl/N-ethyl adjacent to an activating group) is 1. The Labute approximate surface area is 122 Å². The second kappa shape index (κ2) is 5.74. The lowest BCUT2D eigenvalue weighted by molar-refractivity contribution is 0.0347. The molecule has 112 valence electrons. The molecule has 0 bridgehead atoms. The second-order valence-corrected chi connectivity index (χ2v) is 7.09. The van der Waals surface area contributed by atoms with Crippen LogP contribution in [-0.2, 0) is 6.42 Å². The molecule has 0 aliphatic heterocycles. The highest BCUT2D eigenvalue weighted by Crippen LogP contribution is 2.35. The van der Waals surface area contributed by atoms with Crippen molar-refractivity contribution in [1.29, 1.82) is 0 Å². The van der Waals surface area contributed by atoms with E-state index >= 15 is 0 Å². The molecule has 1 N–H and O–H groups in total. The van der Waals surface area contributed by atoms with E-state index in [2.05, 4.69) is 38.8 Å². The first kappa shape index (κ1) is 15.3. The molecule has 1 aliphatic rings. The van der Waals surface area contributed by atoms with Crippen LogP contribution in [0.25, 0.3) is 0 Å². The lowest BCUT2D eigenvalue weighted by Gasteiger charge is -2.39. The number of hydrogen-bond donors (Lipinski definition) is 1. The summed E-state index contributed by atoms with van der Waals surface area (Å²) in [5.74, 6) is 0.873. The van der Waals surface area contributed by atoms with Crippen LogP contribution in [-0.4, -0.2) is 36.8 Å². The van der Waals surface area contributed by atoms with Gasteiger partial charge >= 0.3 is 0 Å². The van der Waals surface area contributed by atoms with Gasteiger partial charge < -0.3 is 9.84 Å². The SMILES string of the molecule is COc1ccc2c(c1)CCC(N(C)CC(C)(C)C)C2O. The van der Waals surface area contributed by atoms with Crippen LogP contribution in [0.4, 0.5) is 0 Å². The monoisotopic (exact) mass is 277 g/mol. The average molecular weight is 277 g/mol. The van der Waals surface area contributed by atoms with Crippen molar-refractivity contribution in [2.45, 2.75) is 45.8 Å². The Morgan fingerprint density at radius 2 is 2.05 bits per heavy atom. The van der Waals surface area contributed by atoms with Crippen molar-refractivity contribution in [1.82, 2.24) is 4.90 Å². The maximum absolute atomic E-state index is 10.7. The summed E-state index contributed by atoms with van der Waals surface area (Å²) in [5, 5.41) is 10.7. The molecule has 0 saturated carbocycles. The number of benzene rings is 1. The average Bonchev–Trinajstić information content (AvgIpc) is 2.36. The first-order chi connectivity index (χ1) is 9.31. The Bertz CT molecular complexity index is 465. The van der Waals surface area contributed by atoms with Gasteiger partial charge in [-0.2, -0.15) is 0 Å². The van der Waals surface area contributed by atoms with Gasteiger partial charge in [-0.15, -0.1) is 0 Å². The van der Waals surface area contributed by atoms with Crippen LogP contribution in [0.3, 0.4) is 0 Å². The van der Waals surface area contributed by atoms with Crippen LogP contribution in [0.2, 0.25) is 0 Å². The molecule has 1 aliphatic carbocycles. The number of hydrogen-bond acceptors (Lipinski definition) is 3. The first-order valence-corrected chi connectivity index (χ1v) is 7.37. The molecule has 20 heavy (non-hydrogen) atoms. The topological polar surface area (TPSA) is 32.7 Å². The number of aryl methyl sites for hydroxylation is 1.